The number of esters is 1. The molecule has 2 saturated heterocycles. The van der Waals surface area contributed by atoms with Gasteiger partial charge in [0.25, 0.3) is 5.67 Å². The van der Waals surface area contributed by atoms with Crippen LogP contribution in [0.4, 0.5) is 4.39 Å². The van der Waals surface area contributed by atoms with Crippen LogP contribution in [0, 0.1) is 0 Å². The second-order valence-electron chi connectivity index (χ2n) is 7.38. The topological polar surface area (TPSA) is 29.5 Å². The number of benzene rings is 2. The molecular formula is C22H24FNO2. The predicted molar refractivity (Wildman–Crippen MR) is 98.5 cm³/mol. The van der Waals surface area contributed by atoms with Gasteiger partial charge >= 0.3 is 5.97 Å². The Hall–Kier alpha value is -2.20. The van der Waals surface area contributed by atoms with E-state index in [-0.39, 0.29) is 12.1 Å². The number of carbonyl (C=O) groups excluding carboxylic acids is 1. The van der Waals surface area contributed by atoms with Crippen molar-refractivity contribution in [2.45, 2.75) is 49.5 Å². The summed E-state index contributed by atoms with van der Waals surface area (Å²) in [7, 11) is 2.08. The van der Waals surface area contributed by atoms with Crippen molar-refractivity contribution in [1.82, 2.24) is 4.90 Å². The molecule has 0 saturated carbocycles. The minimum atomic E-state index is -2.30. The summed E-state index contributed by atoms with van der Waals surface area (Å²) in [5.74, 6) is -0.807. The molecule has 0 N–H and O–H groups in total. The molecule has 0 spiro atoms. The number of rotatable bonds is 4. The van der Waals surface area contributed by atoms with E-state index in [2.05, 4.69) is 11.9 Å². The van der Waals surface area contributed by atoms with Crippen LogP contribution in [-0.2, 0) is 15.2 Å². The summed E-state index contributed by atoms with van der Waals surface area (Å²) in [5.41, 5.74) is -1.68. The Balaban J connectivity index is 1.65. The molecule has 0 amide bonds. The third-order valence-electron chi connectivity index (χ3n) is 5.99. The number of carbonyl (C=O) groups is 1. The average molecular weight is 353 g/mol. The van der Waals surface area contributed by atoms with Gasteiger partial charge in [-0.3, -0.25) is 4.90 Å². The summed E-state index contributed by atoms with van der Waals surface area (Å²) in [4.78, 5) is 15.4. The molecule has 2 fully saturated rings. The van der Waals surface area contributed by atoms with Gasteiger partial charge in [0.1, 0.15) is 6.10 Å². The number of ether oxygens (including phenoxy) is 1. The van der Waals surface area contributed by atoms with Gasteiger partial charge in [-0.1, -0.05) is 60.7 Å². The van der Waals surface area contributed by atoms with Gasteiger partial charge in [-0.2, -0.15) is 0 Å². The minimum absolute atomic E-state index is 0.202. The van der Waals surface area contributed by atoms with Crippen LogP contribution in [0.5, 0.6) is 0 Å². The molecule has 136 valence electrons. The summed E-state index contributed by atoms with van der Waals surface area (Å²) >= 11 is 0. The second-order valence-corrected chi connectivity index (χ2v) is 7.38. The lowest BCUT2D eigenvalue weighted by atomic mass is 9.88. The van der Waals surface area contributed by atoms with Gasteiger partial charge in [0.15, 0.2) is 0 Å². The van der Waals surface area contributed by atoms with Crippen LogP contribution in [-0.4, -0.2) is 36.1 Å². The van der Waals surface area contributed by atoms with Gasteiger partial charge in [-0.15, -0.1) is 0 Å². The van der Waals surface area contributed by atoms with Crippen molar-refractivity contribution in [3.8, 4) is 0 Å². The Morgan fingerprint density at radius 3 is 2.08 bits per heavy atom. The number of likely N-dealkylation sites (N-methyl/N-ethyl adjacent to an activating group) is 1. The molecule has 26 heavy (non-hydrogen) atoms. The first-order chi connectivity index (χ1) is 12.6. The number of hydrogen-bond donors (Lipinski definition) is 0. The maximum atomic E-state index is 16.3. The standard InChI is InChI=1S/C22H24FNO2/c1-24-18-12-14-19(24)20(15-13-18)26-21(25)22(23,16-8-4-2-5-9-16)17-10-6-3-7-11-17/h2-11,18-20H,12-15H2,1H3/t18-,19+,20-/m0/s1. The molecule has 0 aromatic heterocycles. The first-order valence-corrected chi connectivity index (χ1v) is 9.33. The third-order valence-corrected chi connectivity index (χ3v) is 5.99. The molecular weight excluding hydrogens is 329 g/mol. The molecule has 0 unspecified atom stereocenters. The van der Waals surface area contributed by atoms with Crippen LogP contribution in [0.3, 0.4) is 0 Å². The van der Waals surface area contributed by atoms with Crippen LogP contribution in [0.25, 0.3) is 0 Å². The van der Waals surface area contributed by atoms with Gasteiger partial charge in [0, 0.05) is 23.2 Å². The summed E-state index contributed by atoms with van der Waals surface area (Å²) in [5, 5.41) is 0. The highest BCUT2D eigenvalue weighted by molar-refractivity contribution is 5.85. The molecule has 2 bridgehead atoms. The van der Waals surface area contributed by atoms with E-state index in [0.29, 0.717) is 17.2 Å². The van der Waals surface area contributed by atoms with E-state index in [1.165, 1.54) is 0 Å². The van der Waals surface area contributed by atoms with Crippen molar-refractivity contribution in [2.24, 2.45) is 0 Å². The molecule has 2 heterocycles. The Morgan fingerprint density at radius 2 is 1.50 bits per heavy atom. The van der Waals surface area contributed by atoms with Crippen molar-refractivity contribution in [3.05, 3.63) is 71.8 Å². The van der Waals surface area contributed by atoms with Gasteiger partial charge in [-0.25, -0.2) is 9.18 Å². The fraction of sp³-hybridized carbons (Fsp3) is 0.409. The maximum Gasteiger partial charge on any atom is 0.353 e. The lowest BCUT2D eigenvalue weighted by molar-refractivity contribution is -0.166. The van der Waals surface area contributed by atoms with Crippen molar-refractivity contribution in [1.29, 1.82) is 0 Å². The predicted octanol–water partition coefficient (Wildman–Crippen LogP) is 4.07. The molecule has 4 rings (SSSR count). The van der Waals surface area contributed by atoms with E-state index in [0.717, 1.165) is 25.7 Å². The molecule has 3 nitrogen and oxygen atoms in total. The highest BCUT2D eigenvalue weighted by Crippen LogP contribution is 2.39. The van der Waals surface area contributed by atoms with Crippen LogP contribution < -0.4 is 0 Å². The van der Waals surface area contributed by atoms with Gasteiger partial charge < -0.3 is 4.74 Å². The average Bonchev–Trinajstić information content (AvgIpc) is 2.92. The second kappa shape index (κ2) is 6.84. The Labute approximate surface area is 153 Å². The van der Waals surface area contributed by atoms with E-state index in [1.54, 1.807) is 48.5 Å². The van der Waals surface area contributed by atoms with Gasteiger partial charge in [-0.05, 0) is 32.7 Å². The van der Waals surface area contributed by atoms with Crippen molar-refractivity contribution < 1.29 is 13.9 Å². The molecule has 0 radical (unpaired) electrons. The molecule has 4 heteroatoms. The van der Waals surface area contributed by atoms with Crippen molar-refractivity contribution in [2.75, 3.05) is 7.05 Å². The van der Waals surface area contributed by atoms with Crippen molar-refractivity contribution >= 4 is 5.97 Å². The molecule has 2 aromatic rings. The smallest absolute Gasteiger partial charge is 0.353 e. The quantitative estimate of drug-likeness (QED) is 0.776. The SMILES string of the molecule is CN1[C@@H]2CC[C@H](OC(=O)C(F)(c3ccccc3)c3ccccc3)[C@H]1CC2. The number of alkyl halides is 1. The number of hydrogen-bond acceptors (Lipinski definition) is 3. The third kappa shape index (κ3) is 2.82. The zero-order chi connectivity index (χ0) is 18.1. The number of halogens is 1. The normalized spacial score (nSPS) is 25.8. The zero-order valence-corrected chi connectivity index (χ0v) is 15.0. The largest absolute Gasteiger partial charge is 0.458 e. The first kappa shape index (κ1) is 17.2. The lowest BCUT2D eigenvalue weighted by Gasteiger charge is -2.38. The fourth-order valence-electron chi connectivity index (χ4n) is 4.48. The molecule has 3 atom stereocenters. The van der Waals surface area contributed by atoms with E-state index >= 15 is 4.39 Å². The van der Waals surface area contributed by atoms with Gasteiger partial charge in [0.2, 0.25) is 0 Å². The highest BCUT2D eigenvalue weighted by atomic mass is 19.1. The van der Waals surface area contributed by atoms with E-state index in [9.17, 15) is 4.79 Å². The summed E-state index contributed by atoms with van der Waals surface area (Å²) in [6.07, 6.45) is 3.71. The Morgan fingerprint density at radius 1 is 0.962 bits per heavy atom. The number of fused-ring (bicyclic) bond motifs is 2. The minimum Gasteiger partial charge on any atom is -0.458 e. The molecule has 2 aliphatic heterocycles. The fourth-order valence-corrected chi connectivity index (χ4v) is 4.48. The van der Waals surface area contributed by atoms with Crippen LogP contribution >= 0.6 is 0 Å². The Bertz CT molecular complexity index is 725. The summed E-state index contributed by atoms with van der Waals surface area (Å²) < 4.78 is 22.1. The number of nitrogens with zero attached hydrogens (tertiary/aromatic N) is 1. The zero-order valence-electron chi connectivity index (χ0n) is 15.0. The van der Waals surface area contributed by atoms with Crippen LogP contribution in [0.15, 0.2) is 60.7 Å². The maximum absolute atomic E-state index is 16.3. The van der Waals surface area contributed by atoms with Crippen LogP contribution in [0.1, 0.15) is 36.8 Å². The number of piperidine rings is 1. The summed E-state index contributed by atoms with van der Waals surface area (Å²) in [6.45, 7) is 0. The lowest BCUT2D eigenvalue weighted by Crippen LogP contribution is -2.48. The first-order valence-electron chi connectivity index (χ1n) is 9.33. The molecule has 2 aliphatic rings. The van der Waals surface area contributed by atoms with Crippen molar-refractivity contribution in [3.63, 3.8) is 0 Å². The molecule has 2 aromatic carbocycles. The highest BCUT2D eigenvalue weighted by Gasteiger charge is 2.48. The van der Waals surface area contributed by atoms with E-state index in [4.69, 9.17) is 4.74 Å². The molecule has 0 aliphatic carbocycles. The van der Waals surface area contributed by atoms with E-state index < -0.39 is 11.6 Å². The monoisotopic (exact) mass is 353 g/mol. The summed E-state index contributed by atoms with van der Waals surface area (Å²) in [6, 6.07) is 18.0. The van der Waals surface area contributed by atoms with Gasteiger partial charge in [0.05, 0.1) is 0 Å². The van der Waals surface area contributed by atoms with Crippen LogP contribution in [0.2, 0.25) is 0 Å². The van der Waals surface area contributed by atoms with E-state index in [1.807, 2.05) is 12.1 Å². The Kier molecular flexibility index (Phi) is 4.53.